The molecule has 0 aliphatic rings. The maximum Gasteiger partial charge on any atom is 0.472 e. The summed E-state index contributed by atoms with van der Waals surface area (Å²) in [6.45, 7) is 3.56. The van der Waals surface area contributed by atoms with Crippen LogP contribution in [0.15, 0.2) is 134 Å². The predicted molar refractivity (Wildman–Crippen MR) is 422 cm³/mol. The van der Waals surface area contributed by atoms with Crippen LogP contribution in [-0.4, -0.2) is 49.3 Å². The van der Waals surface area contributed by atoms with E-state index in [-0.39, 0.29) is 38.6 Å². The lowest BCUT2D eigenvalue weighted by molar-refractivity contribution is -0.161. The second kappa shape index (κ2) is 81.1. The number of phosphoric acid groups is 1. The Hall–Kier alpha value is -3.85. The van der Waals surface area contributed by atoms with Gasteiger partial charge in [0.25, 0.3) is 0 Å². The number of rotatable bonds is 76. The molecule has 2 atom stereocenters. The molecule has 0 aromatic heterocycles. The van der Waals surface area contributed by atoms with Crippen molar-refractivity contribution in [2.75, 3.05) is 26.4 Å². The van der Waals surface area contributed by atoms with Crippen LogP contribution in [0.25, 0.3) is 0 Å². The van der Waals surface area contributed by atoms with E-state index in [4.69, 9.17) is 24.3 Å². The molecule has 558 valence electrons. The molecule has 0 rings (SSSR count). The Balaban J connectivity index is 3.78. The average Bonchev–Trinajstić information content (AvgIpc) is 2.69. The molecule has 0 fully saturated rings. The van der Waals surface area contributed by atoms with E-state index in [0.717, 1.165) is 109 Å². The van der Waals surface area contributed by atoms with Gasteiger partial charge in [0.2, 0.25) is 0 Å². The van der Waals surface area contributed by atoms with Crippen LogP contribution in [0.4, 0.5) is 0 Å². The fourth-order valence-corrected chi connectivity index (χ4v) is 12.4. The molecule has 0 spiro atoms. The van der Waals surface area contributed by atoms with E-state index in [9.17, 15) is 19.0 Å². The number of ether oxygens (including phenoxy) is 2. The highest BCUT2D eigenvalue weighted by Gasteiger charge is 2.26. The number of hydrogen-bond donors (Lipinski definition) is 2. The molecule has 0 bridgehead atoms. The first-order valence-corrected chi connectivity index (χ1v) is 42.2. The Labute approximate surface area is 599 Å². The third-order valence-corrected chi connectivity index (χ3v) is 18.5. The summed E-state index contributed by atoms with van der Waals surface area (Å²) >= 11 is 0. The highest BCUT2D eigenvalue weighted by Crippen LogP contribution is 2.43. The zero-order valence-corrected chi connectivity index (χ0v) is 63.9. The van der Waals surface area contributed by atoms with Gasteiger partial charge >= 0.3 is 19.8 Å². The summed E-state index contributed by atoms with van der Waals surface area (Å²) in [7, 11) is -4.40. The molecule has 0 amide bonds. The summed E-state index contributed by atoms with van der Waals surface area (Å²) in [5.41, 5.74) is 5.42. The summed E-state index contributed by atoms with van der Waals surface area (Å²) in [6, 6.07) is 0. The minimum atomic E-state index is -4.40. The first-order valence-electron chi connectivity index (χ1n) is 40.7. The molecule has 9 nitrogen and oxygen atoms in total. The summed E-state index contributed by atoms with van der Waals surface area (Å²) in [4.78, 5) is 35.5. The van der Waals surface area contributed by atoms with Crippen molar-refractivity contribution in [1.82, 2.24) is 0 Å². The Morgan fingerprint density at radius 2 is 0.536 bits per heavy atom. The van der Waals surface area contributed by atoms with Gasteiger partial charge in [-0.2, -0.15) is 0 Å². The summed E-state index contributed by atoms with van der Waals surface area (Å²) in [5, 5.41) is 0. The zero-order valence-electron chi connectivity index (χ0n) is 63.0. The molecule has 10 heteroatoms. The average molecular weight is 1370 g/mol. The maximum atomic E-state index is 12.8. The highest BCUT2D eigenvalue weighted by molar-refractivity contribution is 7.47. The summed E-state index contributed by atoms with van der Waals surface area (Å²) in [6.07, 6.45) is 116. The third-order valence-electron chi connectivity index (χ3n) is 17.5. The number of allylic oxidation sites excluding steroid dienone is 22. The van der Waals surface area contributed by atoms with E-state index in [2.05, 4.69) is 148 Å². The predicted octanol–water partition coefficient (Wildman–Crippen LogP) is 27.5. The number of unbranched alkanes of at least 4 members (excludes halogenated alkanes) is 41. The Bertz CT molecular complexity index is 2060. The first-order chi connectivity index (χ1) is 47.8. The maximum absolute atomic E-state index is 12.8. The van der Waals surface area contributed by atoms with E-state index in [1.54, 1.807) is 0 Å². The van der Waals surface area contributed by atoms with Crippen molar-refractivity contribution in [3.8, 4) is 0 Å². The fraction of sp³-hybridized carbons (Fsp3) is 0.724. The van der Waals surface area contributed by atoms with Gasteiger partial charge in [0.1, 0.15) is 6.61 Å². The number of nitrogens with two attached hydrogens (primary N) is 1. The molecule has 0 aromatic carbocycles. The molecule has 0 aromatic rings. The van der Waals surface area contributed by atoms with Crippen LogP contribution in [0.2, 0.25) is 0 Å². The van der Waals surface area contributed by atoms with E-state index in [1.165, 1.54) is 231 Å². The van der Waals surface area contributed by atoms with Crippen LogP contribution in [0.1, 0.15) is 373 Å². The van der Waals surface area contributed by atoms with Crippen molar-refractivity contribution < 1.29 is 37.6 Å². The van der Waals surface area contributed by atoms with Gasteiger partial charge in [-0.3, -0.25) is 18.6 Å². The van der Waals surface area contributed by atoms with Gasteiger partial charge in [0.05, 0.1) is 13.2 Å². The van der Waals surface area contributed by atoms with Crippen molar-refractivity contribution in [2.45, 2.75) is 380 Å². The number of hydrogen-bond acceptors (Lipinski definition) is 8. The molecule has 0 heterocycles. The van der Waals surface area contributed by atoms with Crippen LogP contribution in [0, 0.1) is 0 Å². The lowest BCUT2D eigenvalue weighted by atomic mass is 10.0. The van der Waals surface area contributed by atoms with Crippen LogP contribution in [0.5, 0.6) is 0 Å². The van der Waals surface area contributed by atoms with Crippen molar-refractivity contribution in [2.24, 2.45) is 5.73 Å². The molecule has 0 aliphatic carbocycles. The van der Waals surface area contributed by atoms with Gasteiger partial charge < -0.3 is 20.1 Å². The largest absolute Gasteiger partial charge is 0.472 e. The van der Waals surface area contributed by atoms with Gasteiger partial charge in [-0.15, -0.1) is 0 Å². The van der Waals surface area contributed by atoms with E-state index >= 15 is 0 Å². The van der Waals surface area contributed by atoms with Crippen LogP contribution >= 0.6 is 7.82 Å². The Morgan fingerprint density at radius 3 is 0.794 bits per heavy atom. The minimum Gasteiger partial charge on any atom is -0.462 e. The van der Waals surface area contributed by atoms with Crippen molar-refractivity contribution in [3.05, 3.63) is 134 Å². The number of esters is 2. The second-order valence-corrected chi connectivity index (χ2v) is 28.3. The van der Waals surface area contributed by atoms with E-state index < -0.39 is 26.5 Å². The van der Waals surface area contributed by atoms with Gasteiger partial charge in [-0.05, 0) is 109 Å². The molecule has 0 saturated carbocycles. The molecule has 0 saturated heterocycles. The van der Waals surface area contributed by atoms with E-state index in [0.29, 0.717) is 6.42 Å². The van der Waals surface area contributed by atoms with Crippen molar-refractivity contribution in [1.29, 1.82) is 0 Å². The van der Waals surface area contributed by atoms with Gasteiger partial charge in [-0.25, -0.2) is 4.57 Å². The third kappa shape index (κ3) is 81.0. The van der Waals surface area contributed by atoms with Gasteiger partial charge in [0, 0.05) is 19.4 Å². The minimum absolute atomic E-state index is 0.0515. The Kier molecular flexibility index (Phi) is 77.9. The van der Waals surface area contributed by atoms with Gasteiger partial charge in [-0.1, -0.05) is 385 Å². The normalized spacial score (nSPS) is 13.6. The van der Waals surface area contributed by atoms with Crippen LogP contribution in [0.3, 0.4) is 0 Å². The van der Waals surface area contributed by atoms with Crippen molar-refractivity contribution >= 4 is 19.8 Å². The summed E-state index contributed by atoms with van der Waals surface area (Å²) in [5.74, 6) is -0.814. The molecule has 2 unspecified atom stereocenters. The van der Waals surface area contributed by atoms with E-state index in [1.807, 2.05) is 0 Å². The first kappa shape index (κ1) is 93.2. The Morgan fingerprint density at radius 1 is 0.309 bits per heavy atom. The van der Waals surface area contributed by atoms with Crippen molar-refractivity contribution in [3.63, 3.8) is 0 Å². The number of carbonyl (C=O) groups is 2. The lowest BCUT2D eigenvalue weighted by Gasteiger charge is -2.19. The second-order valence-electron chi connectivity index (χ2n) is 26.9. The molecule has 3 N–H and O–H groups in total. The van der Waals surface area contributed by atoms with Gasteiger partial charge in [0.15, 0.2) is 6.10 Å². The molecular weight excluding hydrogens is 1220 g/mol. The van der Waals surface area contributed by atoms with Crippen LogP contribution in [-0.2, 0) is 32.7 Å². The topological polar surface area (TPSA) is 134 Å². The quantitative estimate of drug-likeness (QED) is 0.0264. The smallest absolute Gasteiger partial charge is 0.462 e. The highest BCUT2D eigenvalue weighted by atomic mass is 31.2. The fourth-order valence-electron chi connectivity index (χ4n) is 11.6. The molecule has 0 aliphatic heterocycles. The molecule has 97 heavy (non-hydrogen) atoms. The number of carbonyl (C=O) groups excluding carboxylic acids is 2. The van der Waals surface area contributed by atoms with Crippen LogP contribution < -0.4 is 5.73 Å². The number of phosphoric ester groups is 1. The monoisotopic (exact) mass is 1370 g/mol. The SMILES string of the molecule is CC/C=C\C/C=C\C/C=C\C/C=C\C/C=C\C/C=C\CCCCCCCCCCCCCCCCCCC(=O)OC(COC(=O)CCCCCCCCCCCCCCCCCCCCCCCCCCC/C=C\C/C=C\C/C=C\C/C=C\C/C=C\CC)COP(=O)(O)OCCN. The molecular formula is C87H152NO8P. The standard InChI is InChI=1S/C87H152NO8P/c1-3-5-7-9-11-13-15-17-19-21-23-25-27-29-31-33-35-37-39-40-41-42-43-44-46-47-49-51-53-55-57-59-61-63-65-67-69-71-73-75-77-79-86(89)93-83-85(84-95-97(91,92)94-82-81-88)96-87(90)80-78-76-74-72-70-68-66-64-62-60-58-56-54-52-50-48-45-38-36-34-32-30-28-26-24-22-20-18-16-14-12-10-8-6-4-2/h5-8,11-14,17-20,23-26,29-32,36,38,85H,3-4,9-10,15-16,21-22,27-28,33-35,37,39-84,88H2,1-2H3,(H,91,92)/b7-5-,8-6-,13-11-,14-12-,19-17-,20-18-,25-23-,26-24-,31-29-,32-30-,38-36-. The lowest BCUT2D eigenvalue weighted by Crippen LogP contribution is -2.29. The zero-order chi connectivity index (χ0) is 70.0. The summed E-state index contributed by atoms with van der Waals surface area (Å²) < 4.78 is 33.3. The molecule has 0 radical (unpaired) electrons.